The van der Waals surface area contributed by atoms with Crippen molar-refractivity contribution in [1.82, 2.24) is 18.7 Å². The topological polar surface area (TPSA) is 81.8 Å². The van der Waals surface area contributed by atoms with Gasteiger partial charge in [0.15, 0.2) is 5.52 Å². The van der Waals surface area contributed by atoms with E-state index in [9.17, 15) is 14.4 Å². The number of aromatic amines is 1. The molecule has 0 fully saturated rings. The number of hydrogen-bond donors (Lipinski definition) is 1. The van der Waals surface area contributed by atoms with Crippen molar-refractivity contribution < 1.29 is 31.0 Å². The van der Waals surface area contributed by atoms with Gasteiger partial charge in [0, 0.05) is 21.1 Å². The van der Waals surface area contributed by atoms with E-state index >= 15 is 0 Å². The van der Waals surface area contributed by atoms with Crippen molar-refractivity contribution in [2.75, 3.05) is 0 Å². The van der Waals surface area contributed by atoms with Gasteiger partial charge in [-0.3, -0.25) is 23.5 Å². The summed E-state index contributed by atoms with van der Waals surface area (Å²) in [5.74, 6) is 0. The van der Waals surface area contributed by atoms with Crippen molar-refractivity contribution >= 4 is 11.2 Å². The molecule has 0 bridgehead atoms. The minimum atomic E-state index is -0.495. The van der Waals surface area contributed by atoms with Crippen molar-refractivity contribution in [3.8, 4) is 0 Å². The molecule has 0 saturated heterocycles. The van der Waals surface area contributed by atoms with Gasteiger partial charge in [-0.25, -0.2) is 9.59 Å². The molecule has 16 heavy (non-hydrogen) atoms. The van der Waals surface area contributed by atoms with Gasteiger partial charge >= 0.3 is 40.9 Å². The van der Waals surface area contributed by atoms with E-state index < -0.39 is 16.9 Å². The van der Waals surface area contributed by atoms with E-state index in [-0.39, 0.29) is 36.5 Å². The Morgan fingerprint density at radius 3 is 2.12 bits per heavy atom. The fourth-order valence-electron chi connectivity index (χ4n) is 1.62. The van der Waals surface area contributed by atoms with Crippen LogP contribution in [0.15, 0.2) is 14.4 Å². The second-order valence-electron chi connectivity index (χ2n) is 3.39. The van der Waals surface area contributed by atoms with Crippen LogP contribution in [0.1, 0.15) is 1.43 Å². The summed E-state index contributed by atoms with van der Waals surface area (Å²) in [5.41, 5.74) is -0.920. The van der Waals surface area contributed by atoms with Gasteiger partial charge in [0.05, 0.1) is 0 Å². The van der Waals surface area contributed by atoms with Crippen LogP contribution in [0.25, 0.3) is 11.2 Å². The Balaban J connectivity index is 0.00000128. The predicted octanol–water partition coefficient (Wildman–Crippen LogP) is -4.62. The van der Waals surface area contributed by atoms with Crippen molar-refractivity contribution in [3.63, 3.8) is 0 Å². The fraction of sp³-hybridized carbons (Fsp3) is 0.375. The second kappa shape index (κ2) is 4.08. The van der Waals surface area contributed by atoms with Crippen molar-refractivity contribution in [3.05, 3.63) is 31.3 Å². The minimum Gasteiger partial charge on any atom is -1.00 e. The quantitative estimate of drug-likeness (QED) is 0.465. The molecule has 2 aromatic heterocycles. The van der Waals surface area contributed by atoms with Crippen molar-refractivity contribution in [2.24, 2.45) is 21.1 Å². The number of aryl methyl sites for hydroxylation is 2. The first-order valence-corrected chi connectivity index (χ1v) is 4.30. The van der Waals surface area contributed by atoms with Crippen LogP contribution in [0.3, 0.4) is 0 Å². The number of imidazole rings is 1. The van der Waals surface area contributed by atoms with Crippen molar-refractivity contribution in [1.29, 1.82) is 0 Å². The van der Waals surface area contributed by atoms with Gasteiger partial charge in [-0.1, -0.05) is 0 Å². The molecule has 0 aliphatic rings. The zero-order valence-electron chi connectivity index (χ0n) is 10.6. The van der Waals surface area contributed by atoms with Gasteiger partial charge in [0.1, 0.15) is 5.65 Å². The van der Waals surface area contributed by atoms with E-state index in [1.165, 1.54) is 30.3 Å². The molecule has 2 rings (SSSR count). The standard InChI is InChI=1S/C8H10N4O3.Na.H/c1-10-5-4(9-7(10)14)6(13)12(3)8(15)11(5)2;;/h1-3H3,(H,9,14);;/q;+1;-1. The van der Waals surface area contributed by atoms with Gasteiger partial charge in [0.2, 0.25) is 0 Å². The summed E-state index contributed by atoms with van der Waals surface area (Å²) in [5, 5.41) is 0. The first-order valence-electron chi connectivity index (χ1n) is 4.30. The molecular weight excluding hydrogens is 223 g/mol. The van der Waals surface area contributed by atoms with Crippen LogP contribution in [-0.2, 0) is 21.1 Å². The van der Waals surface area contributed by atoms with Crippen LogP contribution < -0.4 is 46.5 Å². The third-order valence-electron chi connectivity index (χ3n) is 2.49. The molecule has 8 heteroatoms. The van der Waals surface area contributed by atoms with E-state index in [1.54, 1.807) is 0 Å². The third-order valence-corrected chi connectivity index (χ3v) is 2.49. The maximum absolute atomic E-state index is 11.6. The zero-order valence-corrected chi connectivity index (χ0v) is 11.6. The summed E-state index contributed by atoms with van der Waals surface area (Å²) in [6, 6.07) is 0. The Bertz CT molecular complexity index is 723. The molecule has 2 heterocycles. The van der Waals surface area contributed by atoms with Gasteiger partial charge in [-0.05, 0) is 0 Å². The summed E-state index contributed by atoms with van der Waals surface area (Å²) in [6.07, 6.45) is 0. The number of fused-ring (bicyclic) bond motifs is 1. The Labute approximate surface area is 113 Å². The molecule has 0 amide bonds. The van der Waals surface area contributed by atoms with Gasteiger partial charge in [0.25, 0.3) is 5.56 Å². The summed E-state index contributed by atoms with van der Waals surface area (Å²) >= 11 is 0. The molecule has 0 unspecified atom stereocenters. The predicted molar refractivity (Wildman–Crippen MR) is 55.1 cm³/mol. The molecule has 0 spiro atoms. The van der Waals surface area contributed by atoms with E-state index in [0.29, 0.717) is 5.65 Å². The normalized spacial score (nSPS) is 10.4. The number of aromatic nitrogens is 4. The van der Waals surface area contributed by atoms with Gasteiger partial charge in [-0.15, -0.1) is 0 Å². The maximum atomic E-state index is 11.6. The first kappa shape index (κ1) is 13.0. The fourth-order valence-corrected chi connectivity index (χ4v) is 1.62. The molecule has 82 valence electrons. The number of nitrogens with zero attached hydrogens (tertiary/aromatic N) is 3. The molecule has 0 aromatic carbocycles. The minimum absolute atomic E-state index is 0. The SMILES string of the molecule is Cn1c(=O)c2[nH]c(=O)n(C)c2n(C)c1=O.[H-].[Na+]. The Morgan fingerprint density at radius 1 is 1.00 bits per heavy atom. The van der Waals surface area contributed by atoms with E-state index in [2.05, 4.69) is 4.98 Å². The molecule has 0 aliphatic heterocycles. The number of hydrogen-bond acceptors (Lipinski definition) is 3. The molecule has 0 atom stereocenters. The number of nitrogens with one attached hydrogen (secondary N) is 1. The average molecular weight is 234 g/mol. The van der Waals surface area contributed by atoms with Crippen LogP contribution in [0.5, 0.6) is 0 Å². The van der Waals surface area contributed by atoms with Crippen LogP contribution in [0.2, 0.25) is 0 Å². The van der Waals surface area contributed by atoms with Crippen LogP contribution >= 0.6 is 0 Å². The number of rotatable bonds is 0. The molecule has 7 nitrogen and oxygen atoms in total. The summed E-state index contributed by atoms with van der Waals surface area (Å²) in [6.45, 7) is 0. The smallest absolute Gasteiger partial charge is 1.00 e. The molecule has 1 N–H and O–H groups in total. The van der Waals surface area contributed by atoms with E-state index in [0.717, 1.165) is 4.57 Å². The largest absolute Gasteiger partial charge is 1.00 e. The molecule has 2 aromatic rings. The van der Waals surface area contributed by atoms with E-state index in [4.69, 9.17) is 0 Å². The summed E-state index contributed by atoms with van der Waals surface area (Å²) in [7, 11) is 4.38. The Morgan fingerprint density at radius 2 is 1.56 bits per heavy atom. The van der Waals surface area contributed by atoms with Crippen molar-refractivity contribution in [2.45, 2.75) is 0 Å². The second-order valence-corrected chi connectivity index (χ2v) is 3.39. The summed E-state index contributed by atoms with van der Waals surface area (Å²) < 4.78 is 3.45. The monoisotopic (exact) mass is 234 g/mol. The van der Waals surface area contributed by atoms with E-state index in [1.807, 2.05) is 0 Å². The van der Waals surface area contributed by atoms with Gasteiger partial charge < -0.3 is 1.43 Å². The molecule has 0 radical (unpaired) electrons. The van der Waals surface area contributed by atoms with Crippen LogP contribution in [0, 0.1) is 0 Å². The zero-order chi connectivity index (χ0) is 11.3. The Kier molecular flexibility index (Phi) is 3.32. The number of H-pyrrole nitrogens is 1. The first-order chi connectivity index (χ1) is 6.95. The summed E-state index contributed by atoms with van der Waals surface area (Å²) in [4.78, 5) is 36.9. The third kappa shape index (κ3) is 1.51. The maximum Gasteiger partial charge on any atom is 1.00 e. The molecule has 0 aliphatic carbocycles. The molecular formula is C8H11N4NaO3. The van der Waals surface area contributed by atoms with Crippen LogP contribution in [-0.4, -0.2) is 18.7 Å². The van der Waals surface area contributed by atoms with Crippen LogP contribution in [0.4, 0.5) is 0 Å². The Hall–Kier alpha value is -1.05. The van der Waals surface area contributed by atoms with Gasteiger partial charge in [-0.2, -0.15) is 0 Å². The molecule has 0 saturated carbocycles. The average Bonchev–Trinajstić information content (AvgIpc) is 2.50.